The molecule has 0 aliphatic rings. The van der Waals surface area contributed by atoms with Gasteiger partial charge in [0.15, 0.2) is 6.10 Å². The molecule has 0 heterocycles. The van der Waals surface area contributed by atoms with E-state index in [9.17, 15) is 19.5 Å². The molecule has 0 saturated heterocycles. The summed E-state index contributed by atoms with van der Waals surface area (Å²) in [6.45, 7) is 4.81. The molecule has 0 amide bonds. The predicted octanol–water partition coefficient (Wildman–Crippen LogP) is 11.1. The molecule has 1 N–H and O–H groups in total. The number of likely N-dealkylation sites (N-methyl/N-ethyl adjacent to an activating group) is 1. The van der Waals surface area contributed by atoms with E-state index in [4.69, 9.17) is 18.9 Å². The number of esters is 2. The molecule has 53 heavy (non-hydrogen) atoms. The zero-order chi connectivity index (χ0) is 39.3. The molecule has 0 saturated carbocycles. The number of hydrogen-bond acceptors (Lipinski definition) is 7. The van der Waals surface area contributed by atoms with Crippen molar-refractivity contribution in [3.8, 4) is 0 Å². The Bertz CT molecular complexity index is 887. The molecule has 2 atom stereocenters. The molecule has 0 aromatic rings. The molecular weight excluding hydrogens is 670 g/mol. The third-order valence-electron chi connectivity index (χ3n) is 9.50. The van der Waals surface area contributed by atoms with Crippen molar-refractivity contribution >= 4 is 17.9 Å². The van der Waals surface area contributed by atoms with Crippen LogP contribution in [0, 0.1) is 0 Å². The highest BCUT2D eigenvalue weighted by molar-refractivity contribution is 5.71. The van der Waals surface area contributed by atoms with Crippen LogP contribution < -0.4 is 0 Å². The number of allylic oxidation sites excluding steroid dienone is 2. The van der Waals surface area contributed by atoms with Gasteiger partial charge in [-0.05, 0) is 32.1 Å². The van der Waals surface area contributed by atoms with Crippen molar-refractivity contribution < 1.29 is 42.9 Å². The summed E-state index contributed by atoms with van der Waals surface area (Å²) in [5, 5.41) is 9.60. The second kappa shape index (κ2) is 37.0. The lowest BCUT2D eigenvalue weighted by molar-refractivity contribution is -0.870. The van der Waals surface area contributed by atoms with Crippen molar-refractivity contribution in [2.75, 3.05) is 47.5 Å². The van der Waals surface area contributed by atoms with E-state index in [2.05, 4.69) is 26.0 Å². The van der Waals surface area contributed by atoms with Crippen molar-refractivity contribution in [2.45, 2.75) is 206 Å². The van der Waals surface area contributed by atoms with Crippen LogP contribution in [0.4, 0.5) is 0 Å². The molecule has 0 aromatic carbocycles. The molecule has 0 aliphatic heterocycles. The van der Waals surface area contributed by atoms with Crippen LogP contribution >= 0.6 is 0 Å². The number of quaternary nitrogens is 1. The van der Waals surface area contributed by atoms with E-state index in [0.29, 0.717) is 23.9 Å². The summed E-state index contributed by atoms with van der Waals surface area (Å²) in [5.74, 6) is -2.01. The van der Waals surface area contributed by atoms with Crippen molar-refractivity contribution in [3.63, 3.8) is 0 Å². The number of carbonyl (C=O) groups excluding carboxylic acids is 2. The number of aliphatic carboxylic acids is 1. The summed E-state index contributed by atoms with van der Waals surface area (Å²) in [7, 11) is 5.95. The van der Waals surface area contributed by atoms with Crippen LogP contribution in [0.3, 0.4) is 0 Å². The monoisotopic (exact) mass is 755 g/mol. The molecule has 0 bridgehead atoms. The molecule has 0 spiro atoms. The Labute approximate surface area is 325 Å². The minimum atomic E-state index is -1.50. The van der Waals surface area contributed by atoms with Crippen molar-refractivity contribution in [1.82, 2.24) is 0 Å². The van der Waals surface area contributed by atoms with Crippen LogP contribution in [-0.4, -0.2) is 87.4 Å². The Hall–Kier alpha value is -1.97. The lowest BCUT2D eigenvalue weighted by atomic mass is 10.0. The van der Waals surface area contributed by atoms with Gasteiger partial charge in [0.05, 0.1) is 34.4 Å². The van der Waals surface area contributed by atoms with Gasteiger partial charge < -0.3 is 28.5 Å². The molecule has 0 fully saturated rings. The fourth-order valence-corrected chi connectivity index (χ4v) is 6.07. The number of ether oxygens (including phenoxy) is 4. The minimum Gasteiger partial charge on any atom is -0.477 e. The number of carboxylic acid groups (broad SMARTS) is 1. The predicted molar refractivity (Wildman–Crippen MR) is 217 cm³/mol. The fraction of sp³-hybridized carbons (Fsp3) is 0.886. The molecule has 0 radical (unpaired) electrons. The van der Waals surface area contributed by atoms with Gasteiger partial charge in [0.25, 0.3) is 6.29 Å². The zero-order valence-corrected chi connectivity index (χ0v) is 35.2. The summed E-state index contributed by atoms with van der Waals surface area (Å²) < 4.78 is 22.7. The Morgan fingerprint density at radius 1 is 0.547 bits per heavy atom. The number of nitrogens with zero attached hydrogens (tertiary/aromatic N) is 1. The molecular formula is C44H84NO8+. The Morgan fingerprint density at radius 2 is 1.00 bits per heavy atom. The Balaban J connectivity index is 4.35. The first-order valence-corrected chi connectivity index (χ1v) is 21.9. The number of hydrogen-bond donors (Lipinski definition) is 1. The molecule has 2 unspecified atom stereocenters. The van der Waals surface area contributed by atoms with Crippen LogP contribution in [-0.2, 0) is 33.3 Å². The van der Waals surface area contributed by atoms with Crippen LogP contribution in [0.5, 0.6) is 0 Å². The van der Waals surface area contributed by atoms with Crippen LogP contribution in [0.25, 0.3) is 0 Å². The Morgan fingerprint density at radius 3 is 1.47 bits per heavy atom. The zero-order valence-electron chi connectivity index (χ0n) is 35.2. The first-order valence-electron chi connectivity index (χ1n) is 21.9. The van der Waals surface area contributed by atoms with Gasteiger partial charge in [-0.15, -0.1) is 0 Å². The van der Waals surface area contributed by atoms with Gasteiger partial charge in [-0.25, -0.2) is 4.79 Å². The van der Waals surface area contributed by atoms with Crippen LogP contribution in [0.1, 0.15) is 194 Å². The summed E-state index contributed by atoms with van der Waals surface area (Å²) in [4.78, 5) is 37.0. The van der Waals surface area contributed by atoms with Gasteiger partial charge in [-0.3, -0.25) is 9.59 Å². The maximum Gasteiger partial charge on any atom is 0.361 e. The summed E-state index contributed by atoms with van der Waals surface area (Å²) in [6.07, 6.45) is 34.2. The first kappa shape index (κ1) is 51.0. The average Bonchev–Trinajstić information content (AvgIpc) is 3.11. The molecule has 0 aliphatic carbocycles. The molecule has 0 aromatic heterocycles. The standard InChI is InChI=1S/C44H83NO8/c1-6-8-10-12-14-16-18-19-20-21-22-23-24-25-27-28-30-32-34-41(46)51-38-40(39-52-44(43(48)49)50-37-36-45(3,4)5)53-42(47)35-33-31-29-26-17-15-13-11-9-7-2/h11,13,40,44H,6-10,12,14-39H2,1-5H3/p+1/b13-11-. The summed E-state index contributed by atoms with van der Waals surface area (Å²) in [5.41, 5.74) is 0. The fourth-order valence-electron chi connectivity index (χ4n) is 6.07. The summed E-state index contributed by atoms with van der Waals surface area (Å²) in [6, 6.07) is 0. The number of carbonyl (C=O) groups is 3. The van der Waals surface area contributed by atoms with E-state index >= 15 is 0 Å². The van der Waals surface area contributed by atoms with E-state index in [1.807, 2.05) is 21.1 Å². The van der Waals surface area contributed by atoms with Crippen molar-refractivity contribution in [3.05, 3.63) is 12.2 Å². The highest BCUT2D eigenvalue weighted by Crippen LogP contribution is 2.15. The smallest absolute Gasteiger partial charge is 0.361 e. The maximum absolute atomic E-state index is 12.7. The van der Waals surface area contributed by atoms with E-state index in [1.54, 1.807) is 0 Å². The maximum atomic E-state index is 12.7. The lowest BCUT2D eigenvalue weighted by Gasteiger charge is -2.25. The summed E-state index contributed by atoms with van der Waals surface area (Å²) >= 11 is 0. The van der Waals surface area contributed by atoms with Gasteiger partial charge in [0.2, 0.25) is 0 Å². The number of unbranched alkanes of at least 4 members (excludes halogenated alkanes) is 23. The largest absolute Gasteiger partial charge is 0.477 e. The highest BCUT2D eigenvalue weighted by atomic mass is 16.7. The van der Waals surface area contributed by atoms with Gasteiger partial charge in [0, 0.05) is 12.8 Å². The topological polar surface area (TPSA) is 108 Å². The second-order valence-corrected chi connectivity index (χ2v) is 16.0. The average molecular weight is 755 g/mol. The van der Waals surface area contributed by atoms with E-state index < -0.39 is 24.3 Å². The van der Waals surface area contributed by atoms with Crippen molar-refractivity contribution in [2.24, 2.45) is 0 Å². The SMILES string of the molecule is CCC/C=C\CCCCCCCC(=O)OC(COC(=O)CCCCCCCCCCCCCCCCCCCC)COC(OCC[N+](C)(C)C)C(=O)O. The van der Waals surface area contributed by atoms with E-state index in [-0.39, 0.29) is 32.2 Å². The van der Waals surface area contributed by atoms with Crippen LogP contribution in [0.15, 0.2) is 12.2 Å². The lowest BCUT2D eigenvalue weighted by Crippen LogP contribution is -2.40. The van der Waals surface area contributed by atoms with Crippen LogP contribution in [0.2, 0.25) is 0 Å². The molecule has 9 heteroatoms. The molecule has 9 nitrogen and oxygen atoms in total. The van der Waals surface area contributed by atoms with Gasteiger partial charge in [-0.1, -0.05) is 161 Å². The van der Waals surface area contributed by atoms with E-state index in [0.717, 1.165) is 57.8 Å². The molecule has 312 valence electrons. The quantitative estimate of drug-likeness (QED) is 0.0217. The first-order chi connectivity index (χ1) is 25.6. The third kappa shape index (κ3) is 38.1. The van der Waals surface area contributed by atoms with Gasteiger partial charge >= 0.3 is 17.9 Å². The normalized spacial score (nSPS) is 13.0. The molecule has 0 rings (SSSR count). The highest BCUT2D eigenvalue weighted by Gasteiger charge is 2.25. The van der Waals surface area contributed by atoms with Crippen molar-refractivity contribution in [1.29, 1.82) is 0 Å². The number of rotatable bonds is 40. The third-order valence-corrected chi connectivity index (χ3v) is 9.50. The van der Waals surface area contributed by atoms with Gasteiger partial charge in [0.1, 0.15) is 13.2 Å². The van der Waals surface area contributed by atoms with E-state index in [1.165, 1.54) is 103 Å². The minimum absolute atomic E-state index is 0.180. The number of carboxylic acids is 1. The Kier molecular flexibility index (Phi) is 35.6. The van der Waals surface area contributed by atoms with Gasteiger partial charge in [-0.2, -0.15) is 0 Å². The second-order valence-electron chi connectivity index (χ2n) is 16.0.